The van der Waals surface area contributed by atoms with Gasteiger partial charge < -0.3 is 20.4 Å². The van der Waals surface area contributed by atoms with Crippen molar-refractivity contribution in [3.63, 3.8) is 0 Å². The van der Waals surface area contributed by atoms with Crippen molar-refractivity contribution in [2.24, 2.45) is 28.6 Å². The van der Waals surface area contributed by atoms with Gasteiger partial charge in [-0.2, -0.15) is 0 Å². The average molecular weight is 603 g/mol. The zero-order valence-electron chi connectivity index (χ0n) is 27.2. The summed E-state index contributed by atoms with van der Waals surface area (Å²) < 4.78 is 0. The first-order valence-electron chi connectivity index (χ1n) is 15.9. The van der Waals surface area contributed by atoms with Gasteiger partial charge in [-0.05, 0) is 73.5 Å². The highest BCUT2D eigenvalue weighted by atomic mass is 16.3. The monoisotopic (exact) mass is 602 g/mol. The van der Waals surface area contributed by atoms with Crippen molar-refractivity contribution in [2.45, 2.75) is 99.0 Å². The molecular weight excluding hydrogens is 556 g/mol. The van der Waals surface area contributed by atoms with Crippen LogP contribution in [0.3, 0.4) is 0 Å². The van der Waals surface area contributed by atoms with Crippen molar-refractivity contribution in [2.75, 3.05) is 0 Å². The number of hydrogen-bond acceptors (Lipinski definition) is 7. The lowest BCUT2D eigenvalue weighted by atomic mass is 9.44. The summed E-state index contributed by atoms with van der Waals surface area (Å²) in [6, 6.07) is 2.00. The van der Waals surface area contributed by atoms with E-state index in [2.05, 4.69) is 25.2 Å². The summed E-state index contributed by atoms with van der Waals surface area (Å²) >= 11 is 0. The molecule has 1 aromatic rings. The number of aliphatic hydroxyl groups is 3. The quantitative estimate of drug-likeness (QED) is 0.249. The number of ketones is 3. The van der Waals surface area contributed by atoms with E-state index in [1.54, 1.807) is 6.92 Å². The molecule has 4 aliphatic rings. The Bertz CT molecular complexity index is 1600. The Hall–Kier alpha value is -3.45. The second kappa shape index (κ2) is 10.6. The maximum Gasteiger partial charge on any atom is 0.209 e. The van der Waals surface area contributed by atoms with Crippen LogP contribution in [0, 0.1) is 28.6 Å². The largest absolute Gasteiger partial charge is 0.511 e. The fraction of sp³-hybridized carbons (Fsp3) is 0.541. The number of hydrogen-bond donors (Lipinski definition) is 4. The number of carbonyl (C=O) groups excluding carboxylic acids is 3. The molecule has 0 amide bonds. The molecule has 0 fully saturated rings. The van der Waals surface area contributed by atoms with E-state index < -0.39 is 51.0 Å². The summed E-state index contributed by atoms with van der Waals surface area (Å²) in [5.41, 5.74) is -1.95. The Balaban J connectivity index is 1.68. The molecule has 0 bridgehead atoms. The Morgan fingerprint density at radius 3 is 2.27 bits per heavy atom. The normalized spacial score (nSPS) is 31.5. The van der Waals surface area contributed by atoms with Crippen LogP contribution < -0.4 is 0 Å². The van der Waals surface area contributed by atoms with E-state index >= 15 is 0 Å². The number of phenols is 1. The second-order valence-corrected chi connectivity index (χ2v) is 14.7. The van der Waals surface area contributed by atoms with Crippen LogP contribution in [-0.2, 0) is 22.4 Å². The first kappa shape index (κ1) is 32.0. The molecule has 7 heteroatoms. The number of phenolic OH excluding ortho intramolecular Hbond substituents is 1. The van der Waals surface area contributed by atoms with Gasteiger partial charge in [0.05, 0.1) is 5.56 Å². The summed E-state index contributed by atoms with van der Waals surface area (Å²) in [4.78, 5) is 41.0. The first-order chi connectivity index (χ1) is 20.4. The third-order valence-corrected chi connectivity index (χ3v) is 10.9. The van der Waals surface area contributed by atoms with E-state index in [1.165, 1.54) is 5.57 Å². The molecular formula is C37H46O7. The van der Waals surface area contributed by atoms with Crippen molar-refractivity contribution in [1.29, 1.82) is 0 Å². The van der Waals surface area contributed by atoms with Gasteiger partial charge in [-0.1, -0.05) is 78.3 Å². The van der Waals surface area contributed by atoms with Gasteiger partial charge in [0.15, 0.2) is 17.2 Å². The Kier molecular flexibility index (Phi) is 7.68. The highest BCUT2D eigenvalue weighted by molar-refractivity contribution is 6.25. The van der Waals surface area contributed by atoms with Crippen LogP contribution in [0.25, 0.3) is 0 Å². The van der Waals surface area contributed by atoms with Crippen LogP contribution in [0.2, 0.25) is 0 Å². The van der Waals surface area contributed by atoms with Crippen molar-refractivity contribution in [3.05, 3.63) is 74.8 Å². The molecule has 0 saturated heterocycles. The van der Waals surface area contributed by atoms with Crippen LogP contribution >= 0.6 is 0 Å². The van der Waals surface area contributed by atoms with Gasteiger partial charge in [0, 0.05) is 22.3 Å². The van der Waals surface area contributed by atoms with Crippen molar-refractivity contribution >= 4 is 17.3 Å². The third-order valence-electron chi connectivity index (χ3n) is 10.9. The minimum Gasteiger partial charge on any atom is -0.511 e. The molecule has 4 aliphatic carbocycles. The zero-order valence-corrected chi connectivity index (χ0v) is 27.2. The van der Waals surface area contributed by atoms with Crippen LogP contribution in [0.4, 0.5) is 0 Å². The van der Waals surface area contributed by atoms with Crippen LogP contribution in [-0.4, -0.2) is 43.4 Å². The molecule has 0 aromatic heterocycles. The molecule has 5 rings (SSSR count). The predicted octanol–water partition coefficient (Wildman–Crippen LogP) is 6.92. The van der Waals surface area contributed by atoms with E-state index in [4.69, 9.17) is 0 Å². The minimum atomic E-state index is -2.61. The van der Waals surface area contributed by atoms with Gasteiger partial charge >= 0.3 is 0 Å². The summed E-state index contributed by atoms with van der Waals surface area (Å²) in [6.45, 7) is 14.5. The zero-order chi connectivity index (χ0) is 32.7. The number of rotatable bonds is 7. The van der Waals surface area contributed by atoms with E-state index in [0.29, 0.717) is 29.9 Å². The lowest BCUT2D eigenvalue weighted by molar-refractivity contribution is -0.171. The number of allylic oxidation sites excluding steroid dienone is 6. The molecule has 0 saturated carbocycles. The minimum absolute atomic E-state index is 0.0428. The highest BCUT2D eigenvalue weighted by Gasteiger charge is 2.71. The van der Waals surface area contributed by atoms with Crippen molar-refractivity contribution < 1.29 is 34.8 Å². The number of aliphatic hydroxyl groups excluding tert-OH is 2. The lowest BCUT2D eigenvalue weighted by Crippen LogP contribution is -2.67. The molecule has 2 unspecified atom stereocenters. The first-order valence-corrected chi connectivity index (χ1v) is 15.9. The van der Waals surface area contributed by atoms with Gasteiger partial charge in [0.25, 0.3) is 0 Å². The van der Waals surface area contributed by atoms with Crippen LogP contribution in [0.1, 0.15) is 108 Å². The molecule has 236 valence electrons. The summed E-state index contributed by atoms with van der Waals surface area (Å²) in [5.74, 6) is -4.44. The van der Waals surface area contributed by atoms with Crippen molar-refractivity contribution in [1.82, 2.24) is 0 Å². The predicted molar refractivity (Wildman–Crippen MR) is 169 cm³/mol. The molecule has 0 heterocycles. The summed E-state index contributed by atoms with van der Waals surface area (Å²) in [6.07, 6.45) is 8.92. The van der Waals surface area contributed by atoms with Gasteiger partial charge in [-0.3, -0.25) is 14.4 Å². The summed E-state index contributed by atoms with van der Waals surface area (Å²) in [7, 11) is 0. The number of carbonyl (C=O) groups is 3. The standard InChI is InChI=1S/C37H46O7/c1-18(2)24-15-23(14-10-13-22-12-9-11-20(22)5)30(39)27-25(24)16-35(7)17-36(8)28(19(3)4)31(40)26(21(6)38)33(42)37(36,44)34(43)29(35)32(27)41/h9,11-12,15,18-20,28,39-40,43-44H,10,13-14,16-17H2,1-8H3/t20?,28?,35-,36-,37+/m1/s1. The van der Waals surface area contributed by atoms with Crippen LogP contribution in [0.5, 0.6) is 5.75 Å². The maximum absolute atomic E-state index is 14.5. The van der Waals surface area contributed by atoms with Gasteiger partial charge in [-0.15, -0.1) is 0 Å². The molecule has 1 aromatic carbocycles. The smallest absolute Gasteiger partial charge is 0.209 e. The lowest BCUT2D eigenvalue weighted by Gasteiger charge is -2.59. The van der Waals surface area contributed by atoms with Gasteiger partial charge in [0.2, 0.25) is 5.78 Å². The van der Waals surface area contributed by atoms with Gasteiger partial charge in [-0.25, -0.2) is 0 Å². The molecule has 0 spiro atoms. The average Bonchev–Trinajstić information content (AvgIpc) is 3.31. The molecule has 7 nitrogen and oxygen atoms in total. The van der Waals surface area contributed by atoms with E-state index in [9.17, 15) is 34.8 Å². The number of aryl methyl sites for hydroxylation is 1. The molecule has 0 aliphatic heterocycles. The SMILES string of the molecule is CC(=O)C1=C(O)C(C(C)C)[C@@]2(C)C[C@@]3(C)Cc4c(C(C)C)cc(CCCC5=CC=CC5C)c(O)c4C(=O)C3=C(O)[C@@]2(O)C1=O. The fourth-order valence-corrected chi connectivity index (χ4v) is 9.01. The molecule has 44 heavy (non-hydrogen) atoms. The number of benzene rings is 1. The summed E-state index contributed by atoms with van der Waals surface area (Å²) in [5, 5.41) is 47.1. The van der Waals surface area contributed by atoms with E-state index in [-0.39, 0.29) is 40.9 Å². The molecule has 0 radical (unpaired) electrons. The topological polar surface area (TPSA) is 132 Å². The van der Waals surface area contributed by atoms with E-state index in [0.717, 1.165) is 25.3 Å². The Labute approximate surface area is 260 Å². The maximum atomic E-state index is 14.5. The van der Waals surface area contributed by atoms with Gasteiger partial charge in [0.1, 0.15) is 22.8 Å². The fourth-order valence-electron chi connectivity index (χ4n) is 9.01. The molecule has 5 atom stereocenters. The number of Topliss-reactive ketones (excluding diaryl/α,β-unsaturated/α-hetero) is 3. The second-order valence-electron chi connectivity index (χ2n) is 14.7. The Morgan fingerprint density at radius 2 is 1.73 bits per heavy atom. The van der Waals surface area contributed by atoms with Crippen molar-refractivity contribution in [3.8, 4) is 5.75 Å². The number of fused-ring (bicyclic) bond motifs is 3. The Morgan fingerprint density at radius 1 is 1.07 bits per heavy atom. The number of aromatic hydroxyl groups is 1. The van der Waals surface area contributed by atoms with Crippen LogP contribution in [0.15, 0.2) is 52.5 Å². The third kappa shape index (κ3) is 4.29. The van der Waals surface area contributed by atoms with E-state index in [1.807, 2.05) is 40.7 Å². The highest BCUT2D eigenvalue weighted by Crippen LogP contribution is 2.65. The molecule has 4 N–H and O–H groups in total.